The van der Waals surface area contributed by atoms with E-state index in [4.69, 9.17) is 5.11 Å². The van der Waals surface area contributed by atoms with Gasteiger partial charge in [0.05, 0.1) is 11.9 Å². The number of carboxylic acid groups (broad SMARTS) is 1. The summed E-state index contributed by atoms with van der Waals surface area (Å²) in [5.74, 6) is -1.36. The first kappa shape index (κ1) is 15.2. The molecule has 0 radical (unpaired) electrons. The number of nitrogens with one attached hydrogen (secondary N) is 2. The number of nitrogens with zero attached hydrogens (tertiary/aromatic N) is 3. The maximum Gasteiger partial charge on any atom is 0.340 e. The fourth-order valence-electron chi connectivity index (χ4n) is 1.91. The van der Waals surface area contributed by atoms with Gasteiger partial charge in [0.1, 0.15) is 5.56 Å². The van der Waals surface area contributed by atoms with Gasteiger partial charge in [-0.1, -0.05) is 6.92 Å². The van der Waals surface area contributed by atoms with Crippen molar-refractivity contribution in [1.82, 2.24) is 24.7 Å². The van der Waals surface area contributed by atoms with E-state index in [0.717, 1.165) is 17.5 Å². The summed E-state index contributed by atoms with van der Waals surface area (Å²) in [6.07, 6.45) is 3.34. The van der Waals surface area contributed by atoms with Crippen molar-refractivity contribution >= 4 is 16.0 Å². The van der Waals surface area contributed by atoms with Crippen LogP contribution in [0.4, 0.5) is 0 Å². The Bertz CT molecular complexity index is 761. The highest BCUT2D eigenvalue weighted by Crippen LogP contribution is 2.13. The van der Waals surface area contributed by atoms with Crippen molar-refractivity contribution in [3.8, 4) is 0 Å². The Morgan fingerprint density at radius 1 is 1.52 bits per heavy atom. The number of hydrogen-bond acceptors (Lipinski definition) is 5. The molecule has 0 saturated heterocycles. The summed E-state index contributed by atoms with van der Waals surface area (Å²) >= 11 is 0. The van der Waals surface area contributed by atoms with Crippen LogP contribution in [-0.2, 0) is 30.0 Å². The van der Waals surface area contributed by atoms with Crippen LogP contribution in [0.2, 0.25) is 0 Å². The largest absolute Gasteiger partial charge is 0.478 e. The van der Waals surface area contributed by atoms with Crippen LogP contribution in [0.25, 0.3) is 0 Å². The van der Waals surface area contributed by atoms with E-state index in [1.54, 1.807) is 17.9 Å². The second-order valence-electron chi connectivity index (χ2n) is 4.37. The fraction of sp³-hybridized carbons (Fsp3) is 0.364. The molecule has 0 fully saturated rings. The predicted molar refractivity (Wildman–Crippen MR) is 72.2 cm³/mol. The van der Waals surface area contributed by atoms with Gasteiger partial charge in [-0.05, 0) is 6.42 Å². The van der Waals surface area contributed by atoms with E-state index in [1.165, 1.54) is 0 Å². The normalized spacial score (nSPS) is 11.7. The van der Waals surface area contributed by atoms with Crippen LogP contribution in [0.5, 0.6) is 0 Å². The third-order valence-electron chi connectivity index (χ3n) is 2.88. The quantitative estimate of drug-likeness (QED) is 0.681. The van der Waals surface area contributed by atoms with Crippen LogP contribution in [-0.4, -0.2) is 39.5 Å². The maximum absolute atomic E-state index is 12.1. The average molecular weight is 313 g/mol. The lowest BCUT2D eigenvalue weighted by Crippen LogP contribution is -2.25. The number of carboxylic acids is 1. The third-order valence-corrected chi connectivity index (χ3v) is 4.26. The molecule has 2 aromatic heterocycles. The van der Waals surface area contributed by atoms with Gasteiger partial charge in [0.25, 0.3) is 10.0 Å². The molecule has 0 aromatic carbocycles. The molecule has 0 bridgehead atoms. The Labute approximate surface area is 121 Å². The number of sulfonamides is 1. The molecule has 0 aliphatic rings. The molecule has 0 unspecified atom stereocenters. The van der Waals surface area contributed by atoms with E-state index in [1.807, 2.05) is 6.92 Å². The number of rotatable bonds is 6. The van der Waals surface area contributed by atoms with Crippen LogP contribution in [0, 0.1) is 0 Å². The minimum absolute atomic E-state index is 0.0252. The molecule has 0 atom stereocenters. The van der Waals surface area contributed by atoms with Crippen LogP contribution >= 0.6 is 0 Å². The van der Waals surface area contributed by atoms with E-state index < -0.39 is 26.6 Å². The minimum atomic E-state index is -3.99. The topological polar surface area (TPSA) is 130 Å². The van der Waals surface area contributed by atoms with E-state index in [0.29, 0.717) is 6.42 Å². The van der Waals surface area contributed by atoms with Gasteiger partial charge in [0.15, 0.2) is 5.03 Å². The first-order valence-electron chi connectivity index (χ1n) is 6.13. The van der Waals surface area contributed by atoms with Gasteiger partial charge >= 0.3 is 5.97 Å². The summed E-state index contributed by atoms with van der Waals surface area (Å²) in [4.78, 5) is 10.9. The lowest BCUT2D eigenvalue weighted by atomic mass is 10.2. The lowest BCUT2D eigenvalue weighted by molar-refractivity contribution is 0.0692. The zero-order chi connectivity index (χ0) is 15.6. The Morgan fingerprint density at radius 2 is 2.24 bits per heavy atom. The van der Waals surface area contributed by atoms with Gasteiger partial charge in [-0.2, -0.15) is 10.2 Å². The number of aromatic nitrogens is 4. The van der Waals surface area contributed by atoms with Gasteiger partial charge in [-0.15, -0.1) is 0 Å². The molecule has 3 N–H and O–H groups in total. The highest BCUT2D eigenvalue weighted by molar-refractivity contribution is 7.89. The molecule has 2 aromatic rings. The van der Waals surface area contributed by atoms with Crippen molar-refractivity contribution in [2.24, 2.45) is 7.05 Å². The van der Waals surface area contributed by atoms with Gasteiger partial charge in [0, 0.05) is 25.4 Å². The molecule has 0 aliphatic heterocycles. The average Bonchev–Trinajstić information content (AvgIpc) is 3.02. The maximum atomic E-state index is 12.1. The van der Waals surface area contributed by atoms with Crippen molar-refractivity contribution in [3.63, 3.8) is 0 Å². The van der Waals surface area contributed by atoms with Crippen molar-refractivity contribution in [2.45, 2.75) is 24.9 Å². The Hall–Kier alpha value is -2.20. The van der Waals surface area contributed by atoms with Crippen molar-refractivity contribution in [1.29, 1.82) is 0 Å². The van der Waals surface area contributed by atoms with E-state index in [-0.39, 0.29) is 6.54 Å². The number of hydrogen-bond donors (Lipinski definition) is 3. The smallest absolute Gasteiger partial charge is 0.340 e. The fourth-order valence-corrected chi connectivity index (χ4v) is 3.00. The number of carbonyl (C=O) groups is 1. The molecule has 9 nitrogen and oxygen atoms in total. The van der Waals surface area contributed by atoms with Crippen molar-refractivity contribution in [2.75, 3.05) is 0 Å². The molecular formula is C11H15N5O4S. The second-order valence-corrected chi connectivity index (χ2v) is 6.07. The molecule has 114 valence electrons. The van der Waals surface area contributed by atoms with Gasteiger partial charge in [-0.25, -0.2) is 17.9 Å². The van der Waals surface area contributed by atoms with Crippen LogP contribution in [0.3, 0.4) is 0 Å². The third kappa shape index (κ3) is 3.11. The van der Waals surface area contributed by atoms with E-state index in [2.05, 4.69) is 20.0 Å². The monoisotopic (exact) mass is 313 g/mol. The van der Waals surface area contributed by atoms with Crippen molar-refractivity contribution < 1.29 is 18.3 Å². The number of aromatic amines is 1. The van der Waals surface area contributed by atoms with Crippen LogP contribution in [0.15, 0.2) is 17.4 Å². The zero-order valence-electron chi connectivity index (χ0n) is 11.5. The molecule has 2 rings (SSSR count). The Morgan fingerprint density at radius 3 is 2.86 bits per heavy atom. The molecule has 0 aliphatic carbocycles. The van der Waals surface area contributed by atoms with Crippen LogP contribution < -0.4 is 4.72 Å². The first-order chi connectivity index (χ1) is 9.85. The number of aryl methyl sites for hydroxylation is 2. The standard InChI is InChI=1S/C11H15N5O4S/c1-3-9-7(6-16(2)15-9)4-13-21(19,20)10-8(11(17)18)5-12-14-10/h5-6,13H,3-4H2,1-2H3,(H,12,14)(H,17,18). The van der Waals surface area contributed by atoms with Crippen LogP contribution in [0.1, 0.15) is 28.5 Å². The summed E-state index contributed by atoms with van der Waals surface area (Å²) in [7, 11) is -2.25. The molecule has 0 saturated carbocycles. The molecule has 0 spiro atoms. The molecule has 0 amide bonds. The van der Waals surface area contributed by atoms with E-state index >= 15 is 0 Å². The minimum Gasteiger partial charge on any atom is -0.478 e. The first-order valence-corrected chi connectivity index (χ1v) is 7.61. The Kier molecular flexibility index (Phi) is 4.09. The van der Waals surface area contributed by atoms with Gasteiger partial charge < -0.3 is 5.11 Å². The Balaban J connectivity index is 2.22. The SMILES string of the molecule is CCc1nn(C)cc1CNS(=O)(=O)c1[nH]ncc1C(=O)O. The van der Waals surface area contributed by atoms with Gasteiger partial charge in [-0.3, -0.25) is 9.78 Å². The summed E-state index contributed by atoms with van der Waals surface area (Å²) in [6.45, 7) is 1.94. The molecular weight excluding hydrogens is 298 g/mol. The highest BCUT2D eigenvalue weighted by atomic mass is 32.2. The van der Waals surface area contributed by atoms with E-state index in [9.17, 15) is 13.2 Å². The molecule has 10 heteroatoms. The van der Waals surface area contributed by atoms with Gasteiger partial charge in [0.2, 0.25) is 0 Å². The lowest BCUT2D eigenvalue weighted by Gasteiger charge is -2.05. The number of aromatic carboxylic acids is 1. The summed E-state index contributed by atoms with van der Waals surface area (Å²) in [5.41, 5.74) is 1.12. The van der Waals surface area contributed by atoms with Crippen molar-refractivity contribution in [3.05, 3.63) is 29.2 Å². The summed E-state index contributed by atoms with van der Waals surface area (Å²) in [5, 5.41) is 18.3. The summed E-state index contributed by atoms with van der Waals surface area (Å²) < 4.78 is 28.2. The summed E-state index contributed by atoms with van der Waals surface area (Å²) in [6, 6.07) is 0. The molecule has 21 heavy (non-hydrogen) atoms. The molecule has 2 heterocycles. The zero-order valence-corrected chi connectivity index (χ0v) is 12.3. The highest BCUT2D eigenvalue weighted by Gasteiger charge is 2.24. The second kappa shape index (κ2) is 5.66. The number of H-pyrrole nitrogens is 1. The predicted octanol–water partition coefficient (Wildman–Crippen LogP) is -0.118.